The molecule has 0 aliphatic carbocycles. The minimum absolute atomic E-state index is 0.0154. The van der Waals surface area contributed by atoms with Crippen molar-refractivity contribution in [2.75, 3.05) is 13.1 Å². The third-order valence-electron chi connectivity index (χ3n) is 3.30. The van der Waals surface area contributed by atoms with Gasteiger partial charge in [0.05, 0.1) is 25.2 Å². The molecule has 0 aromatic carbocycles. The first-order chi connectivity index (χ1) is 9.96. The minimum Gasteiger partial charge on any atom is -0.483 e. The van der Waals surface area contributed by atoms with Crippen LogP contribution in [0.15, 0.2) is 40.3 Å². The Balaban J connectivity index is 1.74. The van der Waals surface area contributed by atoms with Crippen LogP contribution in [0.2, 0.25) is 0 Å². The number of ether oxygens (including phenoxy) is 1. The molecule has 1 saturated heterocycles. The Bertz CT molecular complexity index is 709. The minimum atomic E-state index is -3.67. The highest BCUT2D eigenvalue weighted by molar-refractivity contribution is 7.89. The van der Waals surface area contributed by atoms with E-state index in [9.17, 15) is 13.5 Å². The number of rotatable bonds is 4. The molecule has 9 heteroatoms. The first-order valence-electron chi connectivity index (χ1n) is 6.32. The summed E-state index contributed by atoms with van der Waals surface area (Å²) in [6.07, 6.45) is 4.10. The standard InChI is InChI=1S/C12H15N3O5S/c1-14-5-9(4-13-14)20-12-7-15(6-11(12)16)21(17,18)10-2-3-19-8-10/h2-5,8,11-12,16H,6-7H2,1H3/t11-,12-/m1/s1. The number of β-amino-alcohol motifs (C(OH)–C–C–N with tert-alkyl or cyclic N) is 1. The van der Waals surface area contributed by atoms with E-state index in [4.69, 9.17) is 9.15 Å². The first-order valence-corrected chi connectivity index (χ1v) is 7.76. The molecule has 1 fully saturated rings. The van der Waals surface area contributed by atoms with Crippen LogP contribution in [-0.4, -0.2) is 52.9 Å². The van der Waals surface area contributed by atoms with Crippen LogP contribution in [0.25, 0.3) is 0 Å². The smallest absolute Gasteiger partial charge is 0.246 e. The molecule has 114 valence electrons. The van der Waals surface area contributed by atoms with Crippen LogP contribution in [0.5, 0.6) is 5.75 Å². The summed E-state index contributed by atoms with van der Waals surface area (Å²) in [4.78, 5) is 0.0664. The molecule has 2 aromatic heterocycles. The normalized spacial score (nSPS) is 23.5. The summed E-state index contributed by atoms with van der Waals surface area (Å²) in [5.74, 6) is 0.490. The molecule has 0 bridgehead atoms. The Hall–Kier alpha value is -1.84. The van der Waals surface area contributed by atoms with E-state index in [1.807, 2.05) is 0 Å². The summed E-state index contributed by atoms with van der Waals surface area (Å²) >= 11 is 0. The maximum Gasteiger partial charge on any atom is 0.246 e. The topological polar surface area (TPSA) is 97.8 Å². The second-order valence-corrected chi connectivity index (χ2v) is 6.79. The summed E-state index contributed by atoms with van der Waals surface area (Å²) in [7, 11) is -1.93. The lowest BCUT2D eigenvalue weighted by atomic mass is 10.3. The molecule has 8 nitrogen and oxygen atoms in total. The lowest BCUT2D eigenvalue weighted by Gasteiger charge is -2.15. The van der Waals surface area contributed by atoms with Gasteiger partial charge in [0.1, 0.15) is 23.4 Å². The number of aryl methyl sites for hydroxylation is 1. The number of aromatic nitrogens is 2. The van der Waals surface area contributed by atoms with Crippen molar-refractivity contribution < 1.29 is 22.7 Å². The molecule has 0 spiro atoms. The highest BCUT2D eigenvalue weighted by atomic mass is 32.2. The van der Waals surface area contributed by atoms with Crippen LogP contribution in [-0.2, 0) is 17.1 Å². The van der Waals surface area contributed by atoms with Crippen molar-refractivity contribution >= 4 is 10.0 Å². The molecule has 0 radical (unpaired) electrons. The van der Waals surface area contributed by atoms with E-state index in [1.54, 1.807) is 17.9 Å². The van der Waals surface area contributed by atoms with Gasteiger partial charge < -0.3 is 14.3 Å². The molecule has 21 heavy (non-hydrogen) atoms. The molecule has 1 N–H and O–H groups in total. The average molecular weight is 313 g/mol. The maximum absolute atomic E-state index is 12.3. The van der Waals surface area contributed by atoms with Crippen molar-refractivity contribution in [2.45, 2.75) is 17.1 Å². The lowest BCUT2D eigenvalue weighted by molar-refractivity contribution is 0.0737. The van der Waals surface area contributed by atoms with E-state index in [1.165, 1.54) is 22.8 Å². The Kier molecular flexibility index (Phi) is 3.47. The molecular weight excluding hydrogens is 298 g/mol. The van der Waals surface area contributed by atoms with Gasteiger partial charge in [-0.2, -0.15) is 9.40 Å². The number of hydrogen-bond acceptors (Lipinski definition) is 6. The second-order valence-electron chi connectivity index (χ2n) is 4.85. The van der Waals surface area contributed by atoms with E-state index in [2.05, 4.69) is 5.10 Å². The number of sulfonamides is 1. The van der Waals surface area contributed by atoms with Crippen LogP contribution < -0.4 is 4.74 Å². The molecule has 3 heterocycles. The third-order valence-corrected chi connectivity index (χ3v) is 5.11. The average Bonchev–Trinajstić information content (AvgIpc) is 3.13. The molecule has 2 atom stereocenters. The van der Waals surface area contributed by atoms with Gasteiger partial charge in [-0.15, -0.1) is 0 Å². The fourth-order valence-electron chi connectivity index (χ4n) is 2.22. The maximum atomic E-state index is 12.3. The first kappa shape index (κ1) is 14.1. The van der Waals surface area contributed by atoms with E-state index >= 15 is 0 Å². The summed E-state index contributed by atoms with van der Waals surface area (Å²) in [5.41, 5.74) is 0. The quantitative estimate of drug-likeness (QED) is 0.841. The van der Waals surface area contributed by atoms with Gasteiger partial charge in [-0.05, 0) is 6.07 Å². The number of nitrogens with zero attached hydrogens (tertiary/aromatic N) is 3. The zero-order valence-corrected chi connectivity index (χ0v) is 12.1. The summed E-state index contributed by atoms with van der Waals surface area (Å²) in [6, 6.07) is 1.37. The van der Waals surface area contributed by atoms with Gasteiger partial charge >= 0.3 is 0 Å². The molecular formula is C12H15N3O5S. The highest BCUT2D eigenvalue weighted by Gasteiger charge is 2.40. The highest BCUT2D eigenvalue weighted by Crippen LogP contribution is 2.24. The fraction of sp³-hybridized carbons (Fsp3) is 0.417. The summed E-state index contributed by atoms with van der Waals surface area (Å²) in [5, 5.41) is 14.0. The van der Waals surface area contributed by atoms with Gasteiger partial charge in [0, 0.05) is 13.6 Å². The van der Waals surface area contributed by atoms with Gasteiger partial charge in [0.25, 0.3) is 0 Å². The van der Waals surface area contributed by atoms with Crippen LogP contribution >= 0.6 is 0 Å². The zero-order valence-electron chi connectivity index (χ0n) is 11.3. The number of aliphatic hydroxyl groups excluding tert-OH is 1. The van der Waals surface area contributed by atoms with Crippen molar-refractivity contribution in [3.8, 4) is 5.75 Å². The van der Waals surface area contributed by atoms with Gasteiger partial charge in [0.2, 0.25) is 10.0 Å². The van der Waals surface area contributed by atoms with Gasteiger partial charge in [-0.25, -0.2) is 8.42 Å². The Labute approximate surface area is 121 Å². The lowest BCUT2D eigenvalue weighted by Crippen LogP contribution is -2.31. The fourth-order valence-corrected chi connectivity index (χ4v) is 3.61. The van der Waals surface area contributed by atoms with Gasteiger partial charge in [-0.3, -0.25) is 4.68 Å². The van der Waals surface area contributed by atoms with Crippen molar-refractivity contribution in [1.82, 2.24) is 14.1 Å². The van der Waals surface area contributed by atoms with Crippen LogP contribution in [0.3, 0.4) is 0 Å². The van der Waals surface area contributed by atoms with E-state index in [-0.39, 0.29) is 18.0 Å². The van der Waals surface area contributed by atoms with Crippen molar-refractivity contribution in [2.24, 2.45) is 7.05 Å². The monoisotopic (exact) mass is 313 g/mol. The molecule has 2 aromatic rings. The van der Waals surface area contributed by atoms with Crippen molar-refractivity contribution in [3.63, 3.8) is 0 Å². The molecule has 3 rings (SSSR count). The largest absolute Gasteiger partial charge is 0.483 e. The Morgan fingerprint density at radius 1 is 1.48 bits per heavy atom. The summed E-state index contributed by atoms with van der Waals surface area (Å²) in [6.45, 7) is 0.0576. The number of hydrogen-bond donors (Lipinski definition) is 1. The van der Waals surface area contributed by atoms with E-state index in [0.717, 1.165) is 6.26 Å². The summed E-state index contributed by atoms with van der Waals surface area (Å²) < 4.78 is 37.8. The molecule has 0 amide bonds. The van der Waals surface area contributed by atoms with Gasteiger partial charge in [0.15, 0.2) is 5.75 Å². The van der Waals surface area contributed by atoms with Crippen LogP contribution in [0.4, 0.5) is 0 Å². The van der Waals surface area contributed by atoms with Crippen LogP contribution in [0.1, 0.15) is 0 Å². The van der Waals surface area contributed by atoms with Crippen molar-refractivity contribution in [3.05, 3.63) is 31.0 Å². The predicted octanol–water partition coefficient (Wildman–Crippen LogP) is -0.174. The number of furan rings is 1. The van der Waals surface area contributed by atoms with Crippen LogP contribution in [0, 0.1) is 0 Å². The Morgan fingerprint density at radius 2 is 2.29 bits per heavy atom. The third kappa shape index (κ3) is 2.67. The molecule has 0 unspecified atom stereocenters. The predicted molar refractivity (Wildman–Crippen MR) is 71.1 cm³/mol. The Morgan fingerprint density at radius 3 is 2.90 bits per heavy atom. The zero-order chi connectivity index (χ0) is 15.0. The van der Waals surface area contributed by atoms with E-state index < -0.39 is 22.2 Å². The molecule has 1 aliphatic rings. The van der Waals surface area contributed by atoms with Crippen molar-refractivity contribution in [1.29, 1.82) is 0 Å². The molecule has 0 saturated carbocycles. The van der Waals surface area contributed by atoms with E-state index in [0.29, 0.717) is 5.75 Å². The number of aliphatic hydroxyl groups is 1. The van der Waals surface area contributed by atoms with Gasteiger partial charge in [-0.1, -0.05) is 0 Å². The second kappa shape index (κ2) is 5.17. The SMILES string of the molecule is Cn1cc(O[C@@H]2CN(S(=O)(=O)c3ccoc3)C[C@H]2O)cn1. The molecule has 1 aliphatic heterocycles.